The lowest BCUT2D eigenvalue weighted by molar-refractivity contribution is 0.0968. The summed E-state index contributed by atoms with van der Waals surface area (Å²) in [6.45, 7) is 0. The Labute approximate surface area is 132 Å². The lowest BCUT2D eigenvalue weighted by Gasteiger charge is -2.09. The first-order valence-electron chi connectivity index (χ1n) is 7.24. The maximum absolute atomic E-state index is 11.3. The van der Waals surface area contributed by atoms with Crippen LogP contribution in [0.4, 0.5) is 5.88 Å². The zero-order valence-corrected chi connectivity index (χ0v) is 12.2. The fourth-order valence-electron chi connectivity index (χ4n) is 2.72. The summed E-state index contributed by atoms with van der Waals surface area (Å²) in [6, 6.07) is 17.9. The number of primary amides is 1. The minimum Gasteiger partial charge on any atom is -0.414 e. The average molecular weight is 303 g/mol. The normalized spacial score (nSPS) is 12.8. The molecular formula is C18H13N3O2. The fourth-order valence-corrected chi connectivity index (χ4v) is 2.72. The van der Waals surface area contributed by atoms with E-state index in [1.165, 1.54) is 0 Å². The molecule has 4 rings (SSSR count). The molecule has 1 aliphatic rings. The number of hydrogen-bond donors (Lipinski definition) is 1. The largest absolute Gasteiger partial charge is 0.414 e. The van der Waals surface area contributed by atoms with Crippen LogP contribution >= 0.6 is 0 Å². The molecule has 23 heavy (non-hydrogen) atoms. The van der Waals surface area contributed by atoms with Crippen molar-refractivity contribution in [2.24, 2.45) is 10.7 Å². The van der Waals surface area contributed by atoms with E-state index >= 15 is 0 Å². The van der Waals surface area contributed by atoms with Crippen molar-refractivity contribution >= 4 is 17.5 Å². The molecule has 0 radical (unpaired) electrons. The topological polar surface area (TPSA) is 81.5 Å². The number of aliphatic imine (C=N–C) groups is 1. The van der Waals surface area contributed by atoms with E-state index in [9.17, 15) is 4.79 Å². The van der Waals surface area contributed by atoms with Gasteiger partial charge in [-0.25, -0.2) is 9.98 Å². The molecule has 2 N–H and O–H groups in total. The van der Waals surface area contributed by atoms with E-state index < -0.39 is 5.91 Å². The van der Waals surface area contributed by atoms with Crippen molar-refractivity contribution in [2.75, 3.05) is 0 Å². The first-order valence-corrected chi connectivity index (χ1v) is 7.24. The zero-order chi connectivity index (χ0) is 15.8. The number of rotatable bonds is 2. The molecule has 0 fully saturated rings. The number of carbonyl (C=O) groups excluding carboxylic acids is 1. The molecule has 0 unspecified atom stereocenters. The van der Waals surface area contributed by atoms with Gasteiger partial charge in [-0.3, -0.25) is 4.79 Å². The number of carbonyl (C=O) groups is 1. The van der Waals surface area contributed by atoms with Crippen LogP contribution in [-0.2, 0) is 6.42 Å². The van der Waals surface area contributed by atoms with Crippen LogP contribution in [0.2, 0.25) is 0 Å². The van der Waals surface area contributed by atoms with Gasteiger partial charge in [-0.15, -0.1) is 0 Å². The van der Waals surface area contributed by atoms with Crippen molar-refractivity contribution in [3.8, 4) is 0 Å². The fraction of sp³-hybridized carbons (Fsp3) is 0.0556. The van der Waals surface area contributed by atoms with Crippen LogP contribution in [0.25, 0.3) is 0 Å². The van der Waals surface area contributed by atoms with Crippen LogP contribution in [0.15, 0.2) is 64.0 Å². The van der Waals surface area contributed by atoms with Gasteiger partial charge in [-0.05, 0) is 5.56 Å². The smallest absolute Gasteiger partial charge is 0.304 e. The summed E-state index contributed by atoms with van der Waals surface area (Å²) >= 11 is 0. The van der Waals surface area contributed by atoms with E-state index in [0.29, 0.717) is 18.0 Å². The highest BCUT2D eigenvalue weighted by atomic mass is 16.4. The van der Waals surface area contributed by atoms with Crippen LogP contribution in [-0.4, -0.2) is 16.6 Å². The number of aromatic nitrogens is 1. The van der Waals surface area contributed by atoms with Crippen LogP contribution in [0.1, 0.15) is 33.1 Å². The van der Waals surface area contributed by atoms with E-state index in [2.05, 4.69) is 9.98 Å². The Bertz CT molecular complexity index is 926. The molecule has 3 aromatic rings. The molecule has 0 aliphatic carbocycles. The van der Waals surface area contributed by atoms with Gasteiger partial charge in [-0.1, -0.05) is 54.6 Å². The highest BCUT2D eigenvalue weighted by molar-refractivity contribution is 6.15. The second kappa shape index (κ2) is 5.21. The maximum atomic E-state index is 11.3. The van der Waals surface area contributed by atoms with Gasteiger partial charge in [0.2, 0.25) is 5.88 Å². The van der Waals surface area contributed by atoms with Crippen molar-refractivity contribution in [3.05, 3.63) is 82.9 Å². The van der Waals surface area contributed by atoms with Gasteiger partial charge >= 0.3 is 5.91 Å². The van der Waals surface area contributed by atoms with Crippen LogP contribution in [0, 0.1) is 0 Å². The molecule has 1 aliphatic heterocycles. The van der Waals surface area contributed by atoms with E-state index in [-0.39, 0.29) is 5.89 Å². The Morgan fingerprint density at radius 2 is 1.78 bits per heavy atom. The van der Waals surface area contributed by atoms with Gasteiger partial charge < -0.3 is 10.2 Å². The molecule has 0 bridgehead atoms. The molecule has 0 spiro atoms. The predicted octanol–water partition coefficient (Wildman–Crippen LogP) is 2.85. The van der Waals surface area contributed by atoms with Crippen molar-refractivity contribution in [1.29, 1.82) is 0 Å². The number of amides is 1. The summed E-state index contributed by atoms with van der Waals surface area (Å²) in [6.07, 6.45) is 0.544. The van der Waals surface area contributed by atoms with E-state index in [1.54, 1.807) is 0 Å². The maximum Gasteiger partial charge on any atom is 0.304 e. The molecule has 1 amide bonds. The van der Waals surface area contributed by atoms with Crippen LogP contribution < -0.4 is 5.73 Å². The second-order valence-corrected chi connectivity index (χ2v) is 5.30. The monoisotopic (exact) mass is 303 g/mol. The number of oxazole rings is 1. The summed E-state index contributed by atoms with van der Waals surface area (Å²) in [5.74, 6) is -0.456. The SMILES string of the molecule is NC(=O)c1nc2c(o1)N=C(c1ccccc1)c1ccccc1C2. The van der Waals surface area contributed by atoms with Crippen molar-refractivity contribution in [1.82, 2.24) is 4.98 Å². The first-order chi connectivity index (χ1) is 11.2. The third-order valence-corrected chi connectivity index (χ3v) is 3.78. The summed E-state index contributed by atoms with van der Waals surface area (Å²) in [5.41, 5.74) is 9.78. The van der Waals surface area contributed by atoms with Crippen molar-refractivity contribution < 1.29 is 9.21 Å². The molecule has 2 heterocycles. The highest BCUT2D eigenvalue weighted by Gasteiger charge is 2.23. The molecule has 0 saturated heterocycles. The van der Waals surface area contributed by atoms with E-state index in [4.69, 9.17) is 10.2 Å². The molecular weight excluding hydrogens is 290 g/mol. The van der Waals surface area contributed by atoms with Gasteiger partial charge in [0.15, 0.2) is 0 Å². The Balaban J connectivity index is 1.96. The van der Waals surface area contributed by atoms with E-state index in [1.807, 2.05) is 54.6 Å². The van der Waals surface area contributed by atoms with Crippen molar-refractivity contribution in [2.45, 2.75) is 6.42 Å². The van der Waals surface area contributed by atoms with Crippen molar-refractivity contribution in [3.63, 3.8) is 0 Å². The third kappa shape index (κ3) is 2.32. The Hall–Kier alpha value is -3.21. The third-order valence-electron chi connectivity index (χ3n) is 3.78. The Morgan fingerprint density at radius 3 is 2.57 bits per heavy atom. The van der Waals surface area contributed by atoms with Gasteiger partial charge in [0, 0.05) is 17.5 Å². The summed E-state index contributed by atoms with van der Waals surface area (Å²) in [7, 11) is 0. The molecule has 1 aromatic heterocycles. The minimum absolute atomic E-state index is 0.106. The number of hydrogen-bond acceptors (Lipinski definition) is 4. The van der Waals surface area contributed by atoms with Gasteiger partial charge in [0.05, 0.1) is 5.71 Å². The molecule has 112 valence electrons. The molecule has 0 atom stereocenters. The summed E-state index contributed by atoms with van der Waals surface area (Å²) in [4.78, 5) is 20.1. The minimum atomic E-state index is -0.692. The summed E-state index contributed by atoms with van der Waals surface area (Å²) in [5, 5.41) is 0. The molecule has 5 nitrogen and oxygen atoms in total. The highest BCUT2D eigenvalue weighted by Crippen LogP contribution is 2.31. The predicted molar refractivity (Wildman–Crippen MR) is 86.0 cm³/mol. The molecule has 2 aromatic carbocycles. The second-order valence-electron chi connectivity index (χ2n) is 5.30. The Kier molecular flexibility index (Phi) is 3.05. The quantitative estimate of drug-likeness (QED) is 0.618. The number of benzene rings is 2. The summed E-state index contributed by atoms with van der Waals surface area (Å²) < 4.78 is 5.46. The number of fused-ring (bicyclic) bond motifs is 2. The lowest BCUT2D eigenvalue weighted by Crippen LogP contribution is -2.11. The van der Waals surface area contributed by atoms with Crippen LogP contribution in [0.5, 0.6) is 0 Å². The zero-order valence-electron chi connectivity index (χ0n) is 12.2. The Morgan fingerprint density at radius 1 is 1.04 bits per heavy atom. The number of nitrogens with zero attached hydrogens (tertiary/aromatic N) is 2. The van der Waals surface area contributed by atoms with Crippen LogP contribution in [0.3, 0.4) is 0 Å². The lowest BCUT2D eigenvalue weighted by atomic mass is 9.96. The molecule has 5 heteroatoms. The van der Waals surface area contributed by atoms with Gasteiger partial charge in [-0.2, -0.15) is 0 Å². The van der Waals surface area contributed by atoms with Gasteiger partial charge in [0.25, 0.3) is 5.89 Å². The standard InChI is InChI=1S/C18H13N3O2/c19-16(22)18-20-14-10-12-8-4-5-9-13(12)15(21-17(14)23-18)11-6-2-1-3-7-11/h1-9H,10H2,(H2,19,22). The van der Waals surface area contributed by atoms with E-state index in [0.717, 1.165) is 22.4 Å². The number of nitrogens with two attached hydrogens (primary N) is 1. The van der Waals surface area contributed by atoms with Gasteiger partial charge in [0.1, 0.15) is 5.69 Å². The average Bonchev–Trinajstić information content (AvgIpc) is 2.90. The first kappa shape index (κ1) is 13.5. The molecule has 0 saturated carbocycles.